The standard InChI is InChI=1S/C30H44N2O2/c1-3-25(2)22-30(29-11-9-28(10-12-29)24-32-16-20-34-21-17-32)13-8-26-4-6-27(7-5-26)23-31-14-18-33-19-15-31/h4,6-12,25,30H,3,5,13-24H2,1-2H3. The summed E-state index contributed by atoms with van der Waals surface area (Å²) in [5.41, 5.74) is 5.82. The van der Waals surface area contributed by atoms with E-state index in [-0.39, 0.29) is 0 Å². The van der Waals surface area contributed by atoms with Crippen molar-refractivity contribution in [3.05, 3.63) is 70.8 Å². The van der Waals surface area contributed by atoms with Crippen molar-refractivity contribution in [3.8, 4) is 0 Å². The molecule has 0 saturated carbocycles. The molecule has 0 spiro atoms. The average molecular weight is 465 g/mol. The number of hydrogen-bond acceptors (Lipinski definition) is 4. The van der Waals surface area contributed by atoms with Crippen LogP contribution in [0.5, 0.6) is 0 Å². The van der Waals surface area contributed by atoms with Crippen LogP contribution in [0.1, 0.15) is 56.6 Å². The Hall–Kier alpha value is -1.72. The molecule has 0 radical (unpaired) electrons. The molecule has 4 rings (SSSR count). The molecule has 3 aliphatic rings. The fourth-order valence-corrected chi connectivity index (χ4v) is 5.11. The first kappa shape index (κ1) is 25.4. The first-order valence-corrected chi connectivity index (χ1v) is 13.4. The minimum Gasteiger partial charge on any atom is -0.379 e. The van der Waals surface area contributed by atoms with Gasteiger partial charge in [0.1, 0.15) is 0 Å². The van der Waals surface area contributed by atoms with Crippen LogP contribution in [0.15, 0.2) is 59.7 Å². The lowest BCUT2D eigenvalue weighted by atomic mass is 9.85. The molecule has 0 N–H and O–H groups in total. The summed E-state index contributed by atoms with van der Waals surface area (Å²) in [7, 11) is 0. The average Bonchev–Trinajstić information content (AvgIpc) is 2.89. The van der Waals surface area contributed by atoms with E-state index >= 15 is 0 Å². The van der Waals surface area contributed by atoms with Crippen LogP contribution in [-0.4, -0.2) is 69.0 Å². The van der Waals surface area contributed by atoms with Gasteiger partial charge in [-0.1, -0.05) is 68.8 Å². The molecule has 34 heavy (non-hydrogen) atoms. The van der Waals surface area contributed by atoms with E-state index in [1.165, 1.54) is 35.1 Å². The molecule has 0 aromatic heterocycles. The lowest BCUT2D eigenvalue weighted by Crippen LogP contribution is -2.37. The summed E-state index contributed by atoms with van der Waals surface area (Å²) in [6, 6.07) is 9.47. The number of ether oxygens (including phenoxy) is 2. The van der Waals surface area contributed by atoms with Crippen LogP contribution in [0.4, 0.5) is 0 Å². The second-order valence-corrected chi connectivity index (χ2v) is 10.3. The normalized spacial score (nSPS) is 23.1. The minimum absolute atomic E-state index is 0.590. The SMILES string of the molecule is CCC(C)CC(CC=C1C=CC(CN2CCOCC2)=CC1)c1ccc(CN2CCOCC2)cc1. The maximum atomic E-state index is 5.49. The van der Waals surface area contributed by atoms with Crippen molar-refractivity contribution >= 4 is 0 Å². The highest BCUT2D eigenvalue weighted by Crippen LogP contribution is 2.31. The zero-order chi connectivity index (χ0) is 23.6. The summed E-state index contributed by atoms with van der Waals surface area (Å²) in [4.78, 5) is 5.00. The quantitative estimate of drug-likeness (QED) is 0.452. The van der Waals surface area contributed by atoms with E-state index in [1.807, 2.05) is 0 Å². The molecule has 2 heterocycles. The minimum atomic E-state index is 0.590. The van der Waals surface area contributed by atoms with Crippen molar-refractivity contribution in [1.82, 2.24) is 9.80 Å². The Morgan fingerprint density at radius 1 is 0.882 bits per heavy atom. The number of morpholine rings is 2. The summed E-state index contributed by atoms with van der Waals surface area (Å²) in [5, 5.41) is 0. The predicted molar refractivity (Wildman–Crippen MR) is 141 cm³/mol. The molecule has 2 saturated heterocycles. The maximum Gasteiger partial charge on any atom is 0.0594 e. The van der Waals surface area contributed by atoms with Gasteiger partial charge in [0, 0.05) is 39.3 Å². The van der Waals surface area contributed by atoms with Crippen LogP contribution in [-0.2, 0) is 16.0 Å². The Labute approximate surface area is 207 Å². The summed E-state index contributed by atoms with van der Waals surface area (Å²) in [5.74, 6) is 1.34. The third kappa shape index (κ3) is 7.91. The highest BCUT2D eigenvalue weighted by Gasteiger charge is 2.16. The third-order valence-electron chi connectivity index (χ3n) is 7.63. The summed E-state index contributed by atoms with van der Waals surface area (Å²) < 4.78 is 11.0. The highest BCUT2D eigenvalue weighted by molar-refractivity contribution is 5.37. The maximum absolute atomic E-state index is 5.49. The largest absolute Gasteiger partial charge is 0.379 e. The molecule has 4 heteroatoms. The van der Waals surface area contributed by atoms with Crippen molar-refractivity contribution in [2.45, 2.75) is 52.0 Å². The van der Waals surface area contributed by atoms with Crippen LogP contribution in [0.2, 0.25) is 0 Å². The van der Waals surface area contributed by atoms with Gasteiger partial charge >= 0.3 is 0 Å². The lowest BCUT2D eigenvalue weighted by molar-refractivity contribution is 0.0342. The van der Waals surface area contributed by atoms with Gasteiger partial charge in [-0.2, -0.15) is 0 Å². The van der Waals surface area contributed by atoms with Gasteiger partial charge in [-0.05, 0) is 53.4 Å². The van der Waals surface area contributed by atoms with Gasteiger partial charge in [0.25, 0.3) is 0 Å². The second-order valence-electron chi connectivity index (χ2n) is 10.3. The molecular weight excluding hydrogens is 420 g/mol. The van der Waals surface area contributed by atoms with E-state index in [0.29, 0.717) is 5.92 Å². The smallest absolute Gasteiger partial charge is 0.0594 e. The van der Waals surface area contributed by atoms with Gasteiger partial charge in [0.05, 0.1) is 26.4 Å². The molecular formula is C30H44N2O2. The van der Waals surface area contributed by atoms with Crippen LogP contribution in [0.25, 0.3) is 0 Å². The molecule has 186 valence electrons. The van der Waals surface area contributed by atoms with E-state index in [4.69, 9.17) is 9.47 Å². The van der Waals surface area contributed by atoms with Crippen LogP contribution >= 0.6 is 0 Å². The predicted octanol–water partition coefficient (Wildman–Crippen LogP) is 5.57. The van der Waals surface area contributed by atoms with Crippen molar-refractivity contribution in [2.24, 2.45) is 5.92 Å². The van der Waals surface area contributed by atoms with Crippen molar-refractivity contribution < 1.29 is 9.47 Å². The Balaban J connectivity index is 1.34. The van der Waals surface area contributed by atoms with Gasteiger partial charge in [-0.3, -0.25) is 9.80 Å². The van der Waals surface area contributed by atoms with Crippen LogP contribution in [0, 0.1) is 5.92 Å². The first-order valence-electron chi connectivity index (χ1n) is 13.4. The molecule has 1 aromatic carbocycles. The van der Waals surface area contributed by atoms with Gasteiger partial charge in [0.15, 0.2) is 0 Å². The van der Waals surface area contributed by atoms with Gasteiger partial charge in [-0.15, -0.1) is 0 Å². The van der Waals surface area contributed by atoms with Crippen molar-refractivity contribution in [2.75, 3.05) is 59.2 Å². The molecule has 2 fully saturated rings. The molecule has 1 aromatic rings. The molecule has 2 atom stereocenters. The van der Waals surface area contributed by atoms with Gasteiger partial charge in [-0.25, -0.2) is 0 Å². The third-order valence-corrected chi connectivity index (χ3v) is 7.63. The highest BCUT2D eigenvalue weighted by atomic mass is 16.5. The topological polar surface area (TPSA) is 24.9 Å². The molecule has 2 aliphatic heterocycles. The molecule has 1 aliphatic carbocycles. The fraction of sp³-hybridized carbons (Fsp3) is 0.600. The molecule has 4 nitrogen and oxygen atoms in total. The number of allylic oxidation sites excluding steroid dienone is 4. The van der Waals surface area contributed by atoms with Gasteiger partial charge < -0.3 is 9.47 Å². The van der Waals surface area contributed by atoms with Crippen LogP contribution in [0.3, 0.4) is 0 Å². The summed E-state index contributed by atoms with van der Waals surface area (Å²) >= 11 is 0. The first-order chi connectivity index (χ1) is 16.7. The molecule has 0 bridgehead atoms. The Morgan fingerprint density at radius 2 is 1.53 bits per heavy atom. The number of rotatable bonds is 10. The van der Waals surface area contributed by atoms with Gasteiger partial charge in [0.2, 0.25) is 0 Å². The van der Waals surface area contributed by atoms with E-state index in [9.17, 15) is 0 Å². The van der Waals surface area contributed by atoms with E-state index in [1.54, 1.807) is 0 Å². The number of hydrogen-bond donors (Lipinski definition) is 0. The Bertz CT molecular complexity index is 830. The summed E-state index contributed by atoms with van der Waals surface area (Å²) in [6.07, 6.45) is 14.3. The van der Waals surface area contributed by atoms with E-state index in [0.717, 1.165) is 84.5 Å². The zero-order valence-corrected chi connectivity index (χ0v) is 21.4. The summed E-state index contributed by atoms with van der Waals surface area (Å²) in [6.45, 7) is 14.5. The lowest BCUT2D eigenvalue weighted by Gasteiger charge is -2.27. The molecule has 2 unspecified atom stereocenters. The monoisotopic (exact) mass is 464 g/mol. The number of nitrogens with zero attached hydrogens (tertiary/aromatic N) is 2. The van der Waals surface area contributed by atoms with Crippen molar-refractivity contribution in [1.29, 1.82) is 0 Å². The van der Waals surface area contributed by atoms with E-state index in [2.05, 4.69) is 72.2 Å². The Kier molecular flexibility index (Phi) is 9.99. The van der Waals surface area contributed by atoms with E-state index < -0.39 is 0 Å². The fourth-order valence-electron chi connectivity index (χ4n) is 5.11. The van der Waals surface area contributed by atoms with Crippen molar-refractivity contribution in [3.63, 3.8) is 0 Å². The zero-order valence-electron chi connectivity index (χ0n) is 21.4. The van der Waals surface area contributed by atoms with Crippen LogP contribution < -0.4 is 0 Å². The number of benzene rings is 1. The molecule has 0 amide bonds. The second kappa shape index (κ2) is 13.4. The Morgan fingerprint density at radius 3 is 2.12 bits per heavy atom.